The number of primary amides is 1. The Kier molecular flexibility index (Phi) is 3.85. The van der Waals surface area contributed by atoms with Gasteiger partial charge >= 0.3 is 0 Å². The molecule has 0 saturated carbocycles. The van der Waals surface area contributed by atoms with Gasteiger partial charge in [-0.3, -0.25) is 4.79 Å². The molecule has 7 heteroatoms. The molecule has 0 spiro atoms. The Labute approximate surface area is 121 Å². The number of carbonyl (C=O) groups excluding carboxylic acids is 1. The third kappa shape index (κ3) is 2.56. The number of halogens is 1. The number of aromatic nitrogens is 3. The Balaban J connectivity index is 2.67. The molecule has 0 radical (unpaired) electrons. The molecule has 6 nitrogen and oxygen atoms in total. The lowest BCUT2D eigenvalue weighted by Gasteiger charge is -2.27. The molecular weight excluding hydrogens is 280 g/mol. The molecule has 20 heavy (non-hydrogen) atoms. The van der Waals surface area contributed by atoms with Gasteiger partial charge in [-0.25, -0.2) is 4.98 Å². The molecule has 2 N–H and O–H groups in total. The Morgan fingerprint density at radius 2 is 2.15 bits per heavy atom. The molecule has 0 aliphatic heterocycles. The predicted octanol–water partition coefficient (Wildman–Crippen LogP) is 1.79. The lowest BCUT2D eigenvalue weighted by Crippen LogP contribution is -2.33. The first-order valence-electron chi connectivity index (χ1n) is 6.16. The van der Waals surface area contributed by atoms with Crippen LogP contribution in [0.3, 0.4) is 0 Å². The van der Waals surface area contributed by atoms with E-state index in [1.165, 1.54) is 0 Å². The van der Waals surface area contributed by atoms with Gasteiger partial charge in [-0.15, -0.1) is 11.6 Å². The van der Waals surface area contributed by atoms with Crippen molar-refractivity contribution < 1.29 is 9.53 Å². The standard InChI is InChI=1S/C13H17ClN4O2/c1-13(2,6-9(15)19)18-10(7-14)16-8-4-5-11(20-3)17-12(8)18/h4-5H,6-7H2,1-3H3,(H2,15,19). The molecule has 2 rings (SSSR count). The molecule has 0 atom stereocenters. The average molecular weight is 297 g/mol. The van der Waals surface area contributed by atoms with E-state index in [9.17, 15) is 4.79 Å². The minimum absolute atomic E-state index is 0.168. The van der Waals surface area contributed by atoms with Gasteiger partial charge in [0.25, 0.3) is 0 Å². The summed E-state index contributed by atoms with van der Waals surface area (Å²) in [5.74, 6) is 0.963. The van der Waals surface area contributed by atoms with E-state index in [0.717, 1.165) is 0 Å². The number of ether oxygens (including phenoxy) is 1. The maximum Gasteiger partial charge on any atom is 0.219 e. The molecule has 2 aromatic heterocycles. The van der Waals surface area contributed by atoms with Crippen molar-refractivity contribution in [3.63, 3.8) is 0 Å². The zero-order valence-corrected chi connectivity index (χ0v) is 12.4. The zero-order chi connectivity index (χ0) is 14.9. The van der Waals surface area contributed by atoms with Crippen molar-refractivity contribution in [1.29, 1.82) is 0 Å². The number of nitrogens with two attached hydrogens (primary N) is 1. The van der Waals surface area contributed by atoms with E-state index < -0.39 is 5.54 Å². The summed E-state index contributed by atoms with van der Waals surface area (Å²) in [5, 5.41) is 0. The molecule has 2 aromatic rings. The summed E-state index contributed by atoms with van der Waals surface area (Å²) in [6.07, 6.45) is 0.168. The summed E-state index contributed by atoms with van der Waals surface area (Å²) in [4.78, 5) is 20.1. The number of alkyl halides is 1. The zero-order valence-electron chi connectivity index (χ0n) is 11.7. The number of hydrogen-bond donors (Lipinski definition) is 1. The van der Waals surface area contributed by atoms with Gasteiger partial charge in [0.1, 0.15) is 11.3 Å². The van der Waals surface area contributed by atoms with Crippen LogP contribution >= 0.6 is 11.6 Å². The molecule has 0 saturated heterocycles. The summed E-state index contributed by atoms with van der Waals surface area (Å²) in [6.45, 7) is 3.80. The predicted molar refractivity (Wildman–Crippen MR) is 76.8 cm³/mol. The minimum Gasteiger partial charge on any atom is -0.481 e. The van der Waals surface area contributed by atoms with E-state index in [-0.39, 0.29) is 18.2 Å². The van der Waals surface area contributed by atoms with Gasteiger partial charge in [-0.05, 0) is 19.9 Å². The second kappa shape index (κ2) is 5.28. The van der Waals surface area contributed by atoms with Crippen LogP contribution in [0, 0.1) is 0 Å². The molecule has 0 fully saturated rings. The van der Waals surface area contributed by atoms with E-state index in [4.69, 9.17) is 22.1 Å². The highest BCUT2D eigenvalue weighted by Gasteiger charge is 2.28. The number of pyridine rings is 1. The van der Waals surface area contributed by atoms with Crippen LogP contribution in [-0.4, -0.2) is 27.6 Å². The molecule has 108 valence electrons. The third-order valence-electron chi connectivity index (χ3n) is 3.09. The number of nitrogens with zero attached hydrogens (tertiary/aromatic N) is 3. The van der Waals surface area contributed by atoms with E-state index >= 15 is 0 Å². The van der Waals surface area contributed by atoms with E-state index in [0.29, 0.717) is 22.9 Å². The van der Waals surface area contributed by atoms with Gasteiger partial charge in [0.05, 0.1) is 18.5 Å². The second-order valence-electron chi connectivity index (χ2n) is 5.15. The number of methoxy groups -OCH3 is 1. The van der Waals surface area contributed by atoms with E-state index in [2.05, 4.69) is 9.97 Å². The van der Waals surface area contributed by atoms with Crippen molar-refractivity contribution >= 4 is 28.7 Å². The summed E-state index contributed by atoms with van der Waals surface area (Å²) in [5.41, 5.74) is 6.10. The van der Waals surface area contributed by atoms with Crippen molar-refractivity contribution in [1.82, 2.24) is 14.5 Å². The fraction of sp³-hybridized carbons (Fsp3) is 0.462. The quantitative estimate of drug-likeness (QED) is 0.853. The van der Waals surface area contributed by atoms with Crippen molar-refractivity contribution in [2.75, 3.05) is 7.11 Å². The number of amides is 1. The number of carbonyl (C=O) groups is 1. The lowest BCUT2D eigenvalue weighted by atomic mass is 9.99. The van der Waals surface area contributed by atoms with Crippen LogP contribution in [0.15, 0.2) is 12.1 Å². The normalized spacial score (nSPS) is 11.8. The molecular formula is C13H17ClN4O2. The SMILES string of the molecule is COc1ccc2nc(CCl)n(C(C)(C)CC(N)=O)c2n1. The number of imidazole rings is 1. The van der Waals surface area contributed by atoms with Crippen molar-refractivity contribution in [3.8, 4) is 5.88 Å². The monoisotopic (exact) mass is 296 g/mol. The van der Waals surface area contributed by atoms with Crippen molar-refractivity contribution in [2.24, 2.45) is 5.73 Å². The van der Waals surface area contributed by atoms with Crippen LogP contribution in [0.2, 0.25) is 0 Å². The molecule has 0 aliphatic rings. The smallest absolute Gasteiger partial charge is 0.219 e. The molecule has 2 heterocycles. The first kappa shape index (κ1) is 14.6. The molecule has 0 unspecified atom stereocenters. The fourth-order valence-electron chi connectivity index (χ4n) is 2.33. The maximum absolute atomic E-state index is 11.3. The highest BCUT2D eigenvalue weighted by molar-refractivity contribution is 6.16. The number of rotatable bonds is 5. The molecule has 0 aromatic carbocycles. The molecule has 0 aliphatic carbocycles. The Bertz CT molecular complexity index is 651. The van der Waals surface area contributed by atoms with Gasteiger partial charge < -0.3 is 15.0 Å². The van der Waals surface area contributed by atoms with Crippen LogP contribution < -0.4 is 10.5 Å². The maximum atomic E-state index is 11.3. The van der Waals surface area contributed by atoms with Gasteiger partial charge in [-0.2, -0.15) is 4.98 Å². The van der Waals surface area contributed by atoms with Gasteiger partial charge in [0.2, 0.25) is 11.8 Å². The molecule has 1 amide bonds. The number of hydrogen-bond acceptors (Lipinski definition) is 4. The number of fused-ring (bicyclic) bond motifs is 1. The van der Waals surface area contributed by atoms with Crippen molar-refractivity contribution in [2.45, 2.75) is 31.7 Å². The topological polar surface area (TPSA) is 83.0 Å². The van der Waals surface area contributed by atoms with Crippen molar-refractivity contribution in [3.05, 3.63) is 18.0 Å². The highest BCUT2D eigenvalue weighted by Crippen LogP contribution is 2.29. The minimum atomic E-state index is -0.565. The summed E-state index contributed by atoms with van der Waals surface area (Å²) in [6, 6.07) is 3.55. The Morgan fingerprint density at radius 1 is 1.45 bits per heavy atom. The Morgan fingerprint density at radius 3 is 2.70 bits per heavy atom. The van der Waals surface area contributed by atoms with Crippen LogP contribution in [0.5, 0.6) is 5.88 Å². The van der Waals surface area contributed by atoms with Gasteiger partial charge in [0, 0.05) is 12.5 Å². The van der Waals surface area contributed by atoms with Crippen LogP contribution in [0.1, 0.15) is 26.1 Å². The summed E-state index contributed by atoms with van der Waals surface area (Å²) >= 11 is 5.96. The van der Waals surface area contributed by atoms with E-state index in [1.807, 2.05) is 24.5 Å². The Hall–Kier alpha value is -1.82. The summed E-state index contributed by atoms with van der Waals surface area (Å²) < 4.78 is 6.99. The first-order chi connectivity index (χ1) is 9.39. The highest BCUT2D eigenvalue weighted by atomic mass is 35.5. The van der Waals surface area contributed by atoms with Crippen LogP contribution in [-0.2, 0) is 16.2 Å². The van der Waals surface area contributed by atoms with E-state index in [1.54, 1.807) is 13.2 Å². The van der Waals surface area contributed by atoms with Crippen LogP contribution in [0.4, 0.5) is 0 Å². The lowest BCUT2D eigenvalue weighted by molar-refractivity contribution is -0.119. The van der Waals surface area contributed by atoms with Gasteiger partial charge in [-0.1, -0.05) is 0 Å². The van der Waals surface area contributed by atoms with Crippen LogP contribution in [0.25, 0.3) is 11.2 Å². The summed E-state index contributed by atoms with van der Waals surface area (Å²) in [7, 11) is 1.55. The van der Waals surface area contributed by atoms with Gasteiger partial charge in [0.15, 0.2) is 5.65 Å². The first-order valence-corrected chi connectivity index (χ1v) is 6.69. The molecule has 0 bridgehead atoms. The largest absolute Gasteiger partial charge is 0.481 e. The average Bonchev–Trinajstić information content (AvgIpc) is 2.75. The second-order valence-corrected chi connectivity index (χ2v) is 5.42. The fourth-order valence-corrected chi connectivity index (χ4v) is 2.51. The third-order valence-corrected chi connectivity index (χ3v) is 3.33.